The number of ether oxygens (including phenoxy) is 2. The van der Waals surface area contributed by atoms with Gasteiger partial charge in [0.1, 0.15) is 17.5 Å². The standard InChI is InChI=1S/C20H23ClN2O4S/c1-26-18-9-8-14(21)12-17(18)23-20(25)16(10-11-28-2)22-19(24)13-27-15-6-4-3-5-7-15/h3-9,12,16H,10-11,13H2,1-2H3,(H,22,24)(H,23,25)/t16-/m0/s1. The largest absolute Gasteiger partial charge is 0.495 e. The molecule has 0 spiro atoms. The van der Waals surface area contributed by atoms with Crippen LogP contribution in [0.1, 0.15) is 6.42 Å². The predicted octanol–water partition coefficient (Wildman–Crippen LogP) is 3.60. The van der Waals surface area contributed by atoms with Crippen LogP contribution < -0.4 is 20.1 Å². The lowest BCUT2D eigenvalue weighted by Gasteiger charge is -2.19. The maximum Gasteiger partial charge on any atom is 0.258 e. The van der Waals surface area contributed by atoms with E-state index in [9.17, 15) is 9.59 Å². The summed E-state index contributed by atoms with van der Waals surface area (Å²) in [6.07, 6.45) is 2.42. The molecular weight excluding hydrogens is 400 g/mol. The van der Waals surface area contributed by atoms with Crippen LogP contribution in [-0.2, 0) is 9.59 Å². The Bertz CT molecular complexity index is 789. The molecule has 0 bridgehead atoms. The molecule has 2 N–H and O–H groups in total. The van der Waals surface area contributed by atoms with Crippen molar-refractivity contribution < 1.29 is 19.1 Å². The lowest BCUT2D eigenvalue weighted by molar-refractivity contribution is -0.127. The van der Waals surface area contributed by atoms with E-state index in [0.717, 1.165) is 0 Å². The Morgan fingerprint density at radius 1 is 1.18 bits per heavy atom. The van der Waals surface area contributed by atoms with Gasteiger partial charge in [0, 0.05) is 5.02 Å². The molecule has 6 nitrogen and oxygen atoms in total. The minimum Gasteiger partial charge on any atom is -0.495 e. The van der Waals surface area contributed by atoms with Crippen molar-refractivity contribution in [1.29, 1.82) is 0 Å². The molecule has 0 aliphatic heterocycles. The first-order valence-corrected chi connectivity index (χ1v) is 10.4. The second kappa shape index (κ2) is 11.5. The molecule has 0 saturated carbocycles. The van der Waals surface area contributed by atoms with Crippen LogP contribution in [-0.4, -0.2) is 43.6 Å². The molecule has 8 heteroatoms. The van der Waals surface area contributed by atoms with E-state index in [0.29, 0.717) is 34.4 Å². The lowest BCUT2D eigenvalue weighted by atomic mass is 10.2. The minimum absolute atomic E-state index is 0.173. The zero-order valence-corrected chi connectivity index (χ0v) is 17.3. The van der Waals surface area contributed by atoms with Gasteiger partial charge in [0.15, 0.2) is 6.61 Å². The van der Waals surface area contributed by atoms with Gasteiger partial charge in [-0.25, -0.2) is 0 Å². The number of carbonyl (C=O) groups excluding carboxylic acids is 2. The molecule has 0 saturated heterocycles. The normalized spacial score (nSPS) is 11.4. The summed E-state index contributed by atoms with van der Waals surface area (Å²) in [5, 5.41) is 5.98. The first-order valence-electron chi connectivity index (χ1n) is 8.64. The molecule has 2 rings (SSSR count). The first kappa shape index (κ1) is 21.9. The first-order chi connectivity index (χ1) is 13.5. The third-order valence-electron chi connectivity index (χ3n) is 3.79. The van der Waals surface area contributed by atoms with E-state index in [1.165, 1.54) is 7.11 Å². The fraction of sp³-hybridized carbons (Fsp3) is 0.300. The van der Waals surface area contributed by atoms with Gasteiger partial charge in [-0.15, -0.1) is 0 Å². The monoisotopic (exact) mass is 422 g/mol. The van der Waals surface area contributed by atoms with Crippen LogP contribution in [0.5, 0.6) is 11.5 Å². The average Bonchev–Trinajstić information content (AvgIpc) is 2.70. The fourth-order valence-corrected chi connectivity index (χ4v) is 3.05. The van der Waals surface area contributed by atoms with Crippen LogP contribution in [0.3, 0.4) is 0 Å². The summed E-state index contributed by atoms with van der Waals surface area (Å²) >= 11 is 7.60. The van der Waals surface area contributed by atoms with E-state index in [1.807, 2.05) is 24.5 Å². The molecule has 0 unspecified atom stereocenters. The maximum atomic E-state index is 12.7. The number of hydrogen-bond acceptors (Lipinski definition) is 5. The molecule has 2 aromatic carbocycles. The van der Waals surface area contributed by atoms with Crippen molar-refractivity contribution in [3.63, 3.8) is 0 Å². The number of anilines is 1. The van der Waals surface area contributed by atoms with Crippen molar-refractivity contribution in [1.82, 2.24) is 5.32 Å². The topological polar surface area (TPSA) is 76.7 Å². The van der Waals surface area contributed by atoms with Crippen LogP contribution in [0, 0.1) is 0 Å². The second-order valence-electron chi connectivity index (χ2n) is 5.84. The van der Waals surface area contributed by atoms with Crippen molar-refractivity contribution >= 4 is 40.9 Å². The zero-order chi connectivity index (χ0) is 20.4. The van der Waals surface area contributed by atoms with Crippen LogP contribution >= 0.6 is 23.4 Å². The van der Waals surface area contributed by atoms with Gasteiger partial charge in [-0.1, -0.05) is 29.8 Å². The number of para-hydroxylation sites is 1. The van der Waals surface area contributed by atoms with Crippen molar-refractivity contribution in [2.75, 3.05) is 31.0 Å². The molecule has 2 aromatic rings. The highest BCUT2D eigenvalue weighted by Crippen LogP contribution is 2.27. The minimum atomic E-state index is -0.706. The molecule has 150 valence electrons. The van der Waals surface area contributed by atoms with Crippen molar-refractivity contribution in [2.24, 2.45) is 0 Å². The summed E-state index contributed by atoms with van der Waals surface area (Å²) in [4.78, 5) is 25.0. The van der Waals surface area contributed by atoms with E-state index in [1.54, 1.807) is 42.1 Å². The molecule has 0 fully saturated rings. The van der Waals surface area contributed by atoms with Crippen molar-refractivity contribution in [2.45, 2.75) is 12.5 Å². The zero-order valence-electron chi connectivity index (χ0n) is 15.7. The Hall–Kier alpha value is -2.38. The molecule has 28 heavy (non-hydrogen) atoms. The van der Waals surface area contributed by atoms with Crippen LogP contribution in [0.15, 0.2) is 48.5 Å². The molecule has 0 heterocycles. The van der Waals surface area contributed by atoms with E-state index in [2.05, 4.69) is 10.6 Å². The predicted molar refractivity (Wildman–Crippen MR) is 114 cm³/mol. The number of carbonyl (C=O) groups is 2. The maximum absolute atomic E-state index is 12.7. The third-order valence-corrected chi connectivity index (χ3v) is 4.67. The summed E-state index contributed by atoms with van der Waals surface area (Å²) in [7, 11) is 1.51. The number of benzene rings is 2. The van der Waals surface area contributed by atoms with E-state index >= 15 is 0 Å². The Morgan fingerprint density at radius 2 is 1.93 bits per heavy atom. The second-order valence-corrected chi connectivity index (χ2v) is 7.26. The van der Waals surface area contributed by atoms with E-state index in [4.69, 9.17) is 21.1 Å². The van der Waals surface area contributed by atoms with Crippen molar-refractivity contribution in [3.8, 4) is 11.5 Å². The number of halogens is 1. The molecule has 0 aliphatic carbocycles. The molecule has 1 atom stereocenters. The number of nitrogens with one attached hydrogen (secondary N) is 2. The number of thioether (sulfide) groups is 1. The summed E-state index contributed by atoms with van der Waals surface area (Å²) in [6.45, 7) is -0.173. The fourth-order valence-electron chi connectivity index (χ4n) is 2.40. The van der Waals surface area contributed by atoms with Gasteiger partial charge in [0.2, 0.25) is 5.91 Å². The van der Waals surface area contributed by atoms with E-state index < -0.39 is 6.04 Å². The van der Waals surface area contributed by atoms with Gasteiger partial charge in [-0.3, -0.25) is 9.59 Å². The lowest BCUT2D eigenvalue weighted by Crippen LogP contribution is -2.45. The van der Waals surface area contributed by atoms with Crippen LogP contribution in [0.25, 0.3) is 0 Å². The smallest absolute Gasteiger partial charge is 0.258 e. The molecule has 2 amide bonds. The molecular formula is C20H23ClN2O4S. The van der Waals surface area contributed by atoms with Crippen LogP contribution in [0.2, 0.25) is 5.02 Å². The Kier molecular flexibility index (Phi) is 8.97. The van der Waals surface area contributed by atoms with E-state index in [-0.39, 0.29) is 18.4 Å². The quantitative estimate of drug-likeness (QED) is 0.611. The third kappa shape index (κ3) is 6.98. The summed E-state index contributed by atoms with van der Waals surface area (Å²) in [5.41, 5.74) is 0.448. The number of hydrogen-bond donors (Lipinski definition) is 2. The SMILES string of the molecule is COc1ccc(Cl)cc1NC(=O)[C@H](CCSC)NC(=O)COc1ccccc1. The Labute approximate surface area is 173 Å². The highest BCUT2D eigenvalue weighted by molar-refractivity contribution is 7.98. The highest BCUT2D eigenvalue weighted by Gasteiger charge is 2.22. The molecule has 0 aromatic heterocycles. The van der Waals surface area contributed by atoms with Gasteiger partial charge in [-0.2, -0.15) is 11.8 Å². The van der Waals surface area contributed by atoms with Crippen LogP contribution in [0.4, 0.5) is 5.69 Å². The number of rotatable bonds is 10. The highest BCUT2D eigenvalue weighted by atomic mass is 35.5. The Morgan fingerprint density at radius 3 is 2.61 bits per heavy atom. The Balaban J connectivity index is 2.00. The summed E-state index contributed by atoms with van der Waals surface area (Å²) in [5.74, 6) is 1.07. The summed E-state index contributed by atoms with van der Waals surface area (Å²) < 4.78 is 10.7. The van der Waals surface area contributed by atoms with Crippen molar-refractivity contribution in [3.05, 3.63) is 53.6 Å². The average molecular weight is 423 g/mol. The van der Waals surface area contributed by atoms with Gasteiger partial charge in [-0.05, 0) is 48.8 Å². The molecule has 0 aliphatic rings. The van der Waals surface area contributed by atoms with Gasteiger partial charge in [0.25, 0.3) is 5.91 Å². The molecule has 0 radical (unpaired) electrons. The van der Waals surface area contributed by atoms with Gasteiger partial charge >= 0.3 is 0 Å². The number of methoxy groups -OCH3 is 1. The summed E-state index contributed by atoms with van der Waals surface area (Å²) in [6, 6.07) is 13.3. The van der Waals surface area contributed by atoms with Gasteiger partial charge < -0.3 is 20.1 Å². The number of amides is 2. The van der Waals surface area contributed by atoms with Gasteiger partial charge in [0.05, 0.1) is 12.8 Å².